The third-order valence-corrected chi connectivity index (χ3v) is 6.43. The van der Waals surface area contributed by atoms with E-state index in [1.54, 1.807) is 34.9 Å². The number of likely N-dealkylation sites (tertiary alicyclic amines) is 1. The second-order valence-electron chi connectivity index (χ2n) is 8.45. The molecule has 4 aromatic heterocycles. The summed E-state index contributed by atoms with van der Waals surface area (Å²) in [4.78, 5) is 26.9. The summed E-state index contributed by atoms with van der Waals surface area (Å²) in [5.41, 5.74) is 4.28. The van der Waals surface area contributed by atoms with Gasteiger partial charge in [0.25, 0.3) is 11.8 Å². The summed E-state index contributed by atoms with van der Waals surface area (Å²) in [6.07, 6.45) is 6.54. The van der Waals surface area contributed by atoms with Gasteiger partial charge in [-0.25, -0.2) is 4.52 Å². The van der Waals surface area contributed by atoms with Crippen LogP contribution in [0.25, 0.3) is 11.0 Å². The van der Waals surface area contributed by atoms with Crippen LogP contribution in [0.2, 0.25) is 0 Å². The maximum Gasteiger partial charge on any atom is 0.256 e. The van der Waals surface area contributed by atoms with E-state index in [4.69, 9.17) is 4.74 Å². The maximum atomic E-state index is 13.0. The number of aliphatic hydroxyl groups excluding tert-OH is 1. The van der Waals surface area contributed by atoms with Crippen LogP contribution in [0.3, 0.4) is 0 Å². The number of aliphatic hydroxyl groups is 1. The van der Waals surface area contributed by atoms with E-state index >= 15 is 0 Å². The molecule has 9 nitrogen and oxygen atoms in total. The zero-order chi connectivity index (χ0) is 23.4. The van der Waals surface area contributed by atoms with E-state index in [1.807, 2.05) is 49.7 Å². The highest BCUT2D eigenvalue weighted by Crippen LogP contribution is 2.32. The molecule has 5 heterocycles. The van der Waals surface area contributed by atoms with Crippen molar-refractivity contribution in [1.29, 1.82) is 0 Å². The van der Waals surface area contributed by atoms with Gasteiger partial charge in [-0.3, -0.25) is 9.59 Å². The number of carbonyl (C=O) groups excluding carboxylic acids is 2. The predicted molar refractivity (Wildman–Crippen MR) is 122 cm³/mol. The predicted octanol–water partition coefficient (Wildman–Crippen LogP) is 2.56. The number of nitrogens with one attached hydrogen (secondary N) is 1. The number of pyridine rings is 1. The number of ether oxygens (including phenoxy) is 1. The first kappa shape index (κ1) is 21.0. The smallest absolute Gasteiger partial charge is 0.256 e. The zero-order valence-electron chi connectivity index (χ0n) is 18.9. The van der Waals surface area contributed by atoms with Gasteiger partial charge < -0.3 is 24.5 Å². The molecule has 1 aliphatic rings. The second-order valence-corrected chi connectivity index (χ2v) is 8.45. The van der Waals surface area contributed by atoms with Crippen molar-refractivity contribution >= 4 is 22.8 Å². The molecule has 1 saturated heterocycles. The highest BCUT2D eigenvalue weighted by atomic mass is 16.5. The molecule has 0 bridgehead atoms. The number of fused-ring (bicyclic) bond motifs is 2. The van der Waals surface area contributed by atoms with Crippen LogP contribution in [0.1, 0.15) is 38.8 Å². The Bertz CT molecular complexity index is 1420. The molecule has 1 aliphatic heterocycles. The number of aromatic nitrogens is 3. The van der Waals surface area contributed by atoms with Crippen molar-refractivity contribution in [3.63, 3.8) is 0 Å². The van der Waals surface area contributed by atoms with Crippen molar-refractivity contribution in [3.8, 4) is 11.5 Å². The van der Waals surface area contributed by atoms with E-state index in [2.05, 4.69) is 10.4 Å². The first-order chi connectivity index (χ1) is 15.8. The van der Waals surface area contributed by atoms with Crippen LogP contribution < -0.4 is 10.1 Å². The van der Waals surface area contributed by atoms with Crippen molar-refractivity contribution < 1.29 is 19.4 Å². The molecule has 2 amide bonds. The fourth-order valence-electron chi connectivity index (χ4n) is 4.43. The molecule has 33 heavy (non-hydrogen) atoms. The van der Waals surface area contributed by atoms with Gasteiger partial charge in [-0.1, -0.05) is 0 Å². The quantitative estimate of drug-likeness (QED) is 0.501. The van der Waals surface area contributed by atoms with Gasteiger partial charge in [0.1, 0.15) is 11.3 Å². The highest BCUT2D eigenvalue weighted by Gasteiger charge is 2.38. The van der Waals surface area contributed by atoms with Crippen LogP contribution in [0.15, 0.2) is 43.0 Å². The molecule has 0 unspecified atom stereocenters. The third kappa shape index (κ3) is 3.23. The van der Waals surface area contributed by atoms with Crippen molar-refractivity contribution in [2.75, 3.05) is 13.6 Å². The summed E-state index contributed by atoms with van der Waals surface area (Å²) in [5.74, 6) is 0.882. The molecule has 4 aromatic rings. The molecule has 0 aliphatic carbocycles. The van der Waals surface area contributed by atoms with E-state index in [0.717, 1.165) is 16.6 Å². The second kappa shape index (κ2) is 7.63. The Kier molecular flexibility index (Phi) is 4.86. The van der Waals surface area contributed by atoms with Crippen molar-refractivity contribution in [2.24, 2.45) is 0 Å². The number of rotatable bonds is 4. The van der Waals surface area contributed by atoms with Crippen LogP contribution in [0.5, 0.6) is 11.5 Å². The van der Waals surface area contributed by atoms with Crippen molar-refractivity contribution in [3.05, 3.63) is 65.2 Å². The number of hydrogen-bond acceptors (Lipinski definition) is 5. The lowest BCUT2D eigenvalue weighted by Gasteiger charge is -2.43. The minimum atomic E-state index is -0.487. The molecule has 9 heteroatoms. The molecule has 0 aromatic carbocycles. The van der Waals surface area contributed by atoms with Gasteiger partial charge in [-0.05, 0) is 44.0 Å². The molecule has 0 saturated carbocycles. The summed E-state index contributed by atoms with van der Waals surface area (Å²) in [6.45, 7) is 5.92. The Balaban J connectivity index is 1.51. The molecule has 0 radical (unpaired) electrons. The molecule has 5 rings (SSSR count). The number of aryl methyl sites for hydroxylation is 2. The van der Waals surface area contributed by atoms with E-state index in [0.29, 0.717) is 34.7 Å². The lowest BCUT2D eigenvalue weighted by molar-refractivity contribution is -0.0357. The Morgan fingerprint density at radius 2 is 1.97 bits per heavy atom. The standard InChI is InChI=1S/C24H25N5O4/c1-13-9-27-10-16(5-6-18(27)21(13)23(31)25-4)33-20-7-8-26-29-11-17(14(2)22(20)29)24(32)28-12-19(30)15(28)3/h5-11,15,19,30H,12H2,1-4H3,(H,25,31)/t15-,19-/m1/s1. The van der Waals surface area contributed by atoms with Crippen molar-refractivity contribution in [2.45, 2.75) is 32.9 Å². The Labute approximate surface area is 190 Å². The van der Waals surface area contributed by atoms with E-state index < -0.39 is 6.10 Å². The average Bonchev–Trinajstić information content (AvgIpc) is 3.32. The maximum absolute atomic E-state index is 13.0. The number of amides is 2. The average molecular weight is 447 g/mol. The van der Waals surface area contributed by atoms with Crippen LogP contribution in [-0.4, -0.2) is 61.6 Å². The lowest BCUT2D eigenvalue weighted by atomic mass is 9.99. The highest BCUT2D eigenvalue weighted by molar-refractivity contribution is 6.02. The molecule has 1 fully saturated rings. The summed E-state index contributed by atoms with van der Waals surface area (Å²) in [7, 11) is 1.61. The van der Waals surface area contributed by atoms with Gasteiger partial charge in [0.2, 0.25) is 0 Å². The van der Waals surface area contributed by atoms with Gasteiger partial charge in [0, 0.05) is 32.1 Å². The minimum Gasteiger partial charge on any atom is -0.453 e. The van der Waals surface area contributed by atoms with Crippen LogP contribution in [0.4, 0.5) is 0 Å². The van der Waals surface area contributed by atoms with Gasteiger partial charge in [-0.2, -0.15) is 5.10 Å². The topological polar surface area (TPSA) is 101 Å². The largest absolute Gasteiger partial charge is 0.453 e. The minimum absolute atomic E-state index is 0.132. The third-order valence-electron chi connectivity index (χ3n) is 6.43. The van der Waals surface area contributed by atoms with Crippen LogP contribution >= 0.6 is 0 Å². The molecule has 170 valence electrons. The van der Waals surface area contributed by atoms with E-state index in [1.165, 1.54) is 0 Å². The summed E-state index contributed by atoms with van der Waals surface area (Å²) < 4.78 is 9.71. The Morgan fingerprint density at radius 1 is 1.18 bits per heavy atom. The number of nitrogens with zero attached hydrogens (tertiary/aromatic N) is 4. The number of hydrogen-bond donors (Lipinski definition) is 2. The van der Waals surface area contributed by atoms with Gasteiger partial charge in [0.05, 0.1) is 41.2 Å². The SMILES string of the molecule is CNC(=O)c1c(C)cn2cc(Oc3ccnn4cc(C(=O)N5C[C@@H](O)[C@H]5C)c(C)c34)ccc12. The fraction of sp³-hybridized carbons (Fsp3) is 0.292. The molecule has 2 N–H and O–H groups in total. The molecule has 0 spiro atoms. The Morgan fingerprint density at radius 3 is 2.67 bits per heavy atom. The summed E-state index contributed by atoms with van der Waals surface area (Å²) in [5, 5.41) is 16.8. The number of β-amino-alcohol motifs (C(OH)–C–C–N with tert-alkyl or cyclic N) is 1. The zero-order valence-corrected chi connectivity index (χ0v) is 18.9. The monoisotopic (exact) mass is 447 g/mol. The lowest BCUT2D eigenvalue weighted by Crippen LogP contribution is -2.60. The fourth-order valence-corrected chi connectivity index (χ4v) is 4.43. The van der Waals surface area contributed by atoms with Crippen molar-refractivity contribution in [1.82, 2.24) is 24.2 Å². The first-order valence-corrected chi connectivity index (χ1v) is 10.8. The summed E-state index contributed by atoms with van der Waals surface area (Å²) >= 11 is 0. The first-order valence-electron chi connectivity index (χ1n) is 10.8. The van der Waals surface area contributed by atoms with Gasteiger partial charge in [-0.15, -0.1) is 0 Å². The normalized spacial score (nSPS) is 17.9. The van der Waals surface area contributed by atoms with Gasteiger partial charge >= 0.3 is 0 Å². The molecule has 2 atom stereocenters. The Hall–Kier alpha value is -3.85. The number of carbonyl (C=O) groups is 2. The van der Waals surface area contributed by atoms with Crippen LogP contribution in [-0.2, 0) is 0 Å². The van der Waals surface area contributed by atoms with E-state index in [-0.39, 0.29) is 17.9 Å². The van der Waals surface area contributed by atoms with E-state index in [9.17, 15) is 14.7 Å². The molecular weight excluding hydrogens is 422 g/mol. The van der Waals surface area contributed by atoms with Crippen LogP contribution in [0, 0.1) is 13.8 Å². The summed E-state index contributed by atoms with van der Waals surface area (Å²) in [6, 6.07) is 5.21. The molecular formula is C24H25N5O4. The van der Waals surface area contributed by atoms with Gasteiger partial charge in [0.15, 0.2) is 5.75 Å².